The monoisotopic (exact) mass is 386 g/mol. The maximum Gasteiger partial charge on any atom is 0.222 e. The van der Waals surface area contributed by atoms with E-state index in [1.165, 1.54) is 5.57 Å². The first-order valence-corrected chi connectivity index (χ1v) is 9.38. The van der Waals surface area contributed by atoms with Gasteiger partial charge in [-0.15, -0.1) is 0 Å². The topological polar surface area (TPSA) is 55.6 Å². The van der Waals surface area contributed by atoms with Crippen LogP contribution in [0.15, 0.2) is 60.2 Å². The molecule has 0 spiro atoms. The molecule has 2 N–H and O–H groups in total. The van der Waals surface area contributed by atoms with Crippen molar-refractivity contribution in [3.05, 3.63) is 70.8 Å². The molecule has 0 radical (unpaired) electrons. The lowest BCUT2D eigenvalue weighted by atomic mass is 10.1. The van der Waals surface area contributed by atoms with Gasteiger partial charge in [0.25, 0.3) is 0 Å². The first-order valence-electron chi connectivity index (χ1n) is 9.00. The molecule has 2 aromatic carbocycles. The van der Waals surface area contributed by atoms with Crippen molar-refractivity contribution in [2.75, 3.05) is 18.0 Å². The number of allylic oxidation sites excluding steroid dienone is 1. The predicted molar refractivity (Wildman–Crippen MR) is 112 cm³/mol. The first kappa shape index (κ1) is 20.8. The van der Waals surface area contributed by atoms with Crippen molar-refractivity contribution in [2.24, 2.45) is 11.7 Å². The largest absolute Gasteiger partial charge is 0.489 e. The van der Waals surface area contributed by atoms with Gasteiger partial charge in [-0.05, 0) is 55.8 Å². The van der Waals surface area contributed by atoms with E-state index in [1.807, 2.05) is 55.5 Å². The van der Waals surface area contributed by atoms with E-state index in [0.717, 1.165) is 23.5 Å². The number of hydrogen-bond donors (Lipinski definition) is 1. The van der Waals surface area contributed by atoms with Crippen molar-refractivity contribution >= 4 is 23.2 Å². The molecule has 144 valence electrons. The third-order valence-corrected chi connectivity index (χ3v) is 4.47. The second kappa shape index (κ2) is 10.0. The van der Waals surface area contributed by atoms with Crippen LogP contribution in [0, 0.1) is 5.92 Å². The van der Waals surface area contributed by atoms with Gasteiger partial charge in [-0.3, -0.25) is 4.79 Å². The Labute approximate surface area is 166 Å². The molecule has 2 aromatic rings. The summed E-state index contributed by atoms with van der Waals surface area (Å²) >= 11 is 5.90. The van der Waals surface area contributed by atoms with E-state index in [-0.39, 0.29) is 11.8 Å². The molecule has 0 aliphatic heterocycles. The number of nitrogens with two attached hydrogens (primary N) is 1. The minimum atomic E-state index is -0.292. The number of primary amides is 1. The summed E-state index contributed by atoms with van der Waals surface area (Å²) in [6, 6.07) is 15.5. The summed E-state index contributed by atoms with van der Waals surface area (Å²) in [7, 11) is 0. The molecule has 0 bridgehead atoms. The molecule has 0 saturated carbocycles. The zero-order chi connectivity index (χ0) is 19.8. The minimum Gasteiger partial charge on any atom is -0.489 e. The van der Waals surface area contributed by atoms with Crippen molar-refractivity contribution < 1.29 is 9.53 Å². The third-order valence-electron chi connectivity index (χ3n) is 4.22. The number of halogens is 1. The molecule has 0 aliphatic carbocycles. The maximum atomic E-state index is 11.5. The number of rotatable bonds is 9. The molecule has 27 heavy (non-hydrogen) atoms. The van der Waals surface area contributed by atoms with Gasteiger partial charge in [0, 0.05) is 23.8 Å². The van der Waals surface area contributed by atoms with E-state index in [1.54, 1.807) is 0 Å². The Hall–Kier alpha value is -2.46. The Kier molecular flexibility index (Phi) is 7.74. The quantitative estimate of drug-likeness (QED) is 0.629. The Morgan fingerprint density at radius 2 is 1.78 bits per heavy atom. The summed E-state index contributed by atoms with van der Waals surface area (Å²) in [5, 5.41) is 0.713. The average molecular weight is 387 g/mol. The summed E-state index contributed by atoms with van der Waals surface area (Å²) < 4.78 is 5.84. The van der Waals surface area contributed by atoms with Crippen LogP contribution in [0.3, 0.4) is 0 Å². The van der Waals surface area contributed by atoms with Crippen LogP contribution in [0.4, 0.5) is 5.69 Å². The fourth-order valence-electron chi connectivity index (χ4n) is 2.50. The maximum absolute atomic E-state index is 11.5. The molecule has 1 amide bonds. The van der Waals surface area contributed by atoms with Gasteiger partial charge < -0.3 is 15.4 Å². The fourth-order valence-corrected chi connectivity index (χ4v) is 2.63. The van der Waals surface area contributed by atoms with Crippen molar-refractivity contribution in [1.29, 1.82) is 0 Å². The molecule has 0 aliphatic rings. The Balaban J connectivity index is 2.04. The standard InChI is InChI=1S/C22H27ClN2O2/c1-16(2)12-13-25(14-17(3)22(24)26)20-8-10-21(11-9-20)27-15-18-4-6-19(23)7-5-18/h4-12,17H,13-15H2,1-3H3,(H2,24,26). The van der Waals surface area contributed by atoms with Crippen LogP contribution in [-0.4, -0.2) is 19.0 Å². The van der Waals surface area contributed by atoms with E-state index in [4.69, 9.17) is 22.1 Å². The van der Waals surface area contributed by atoms with Crippen LogP contribution in [0.2, 0.25) is 5.02 Å². The number of carbonyl (C=O) groups excluding carboxylic acids is 1. The van der Waals surface area contributed by atoms with Crippen molar-refractivity contribution in [2.45, 2.75) is 27.4 Å². The Morgan fingerprint density at radius 1 is 1.15 bits per heavy atom. The molecule has 0 saturated heterocycles. The summed E-state index contributed by atoms with van der Waals surface area (Å²) in [5.41, 5.74) is 8.75. The number of carbonyl (C=O) groups is 1. The van der Waals surface area contributed by atoms with Gasteiger partial charge in [0.2, 0.25) is 5.91 Å². The highest BCUT2D eigenvalue weighted by atomic mass is 35.5. The van der Waals surface area contributed by atoms with Gasteiger partial charge in [-0.25, -0.2) is 0 Å². The van der Waals surface area contributed by atoms with Crippen LogP contribution in [0.5, 0.6) is 5.75 Å². The number of benzene rings is 2. The van der Waals surface area contributed by atoms with E-state index in [2.05, 4.69) is 24.8 Å². The van der Waals surface area contributed by atoms with E-state index >= 15 is 0 Å². The second-order valence-electron chi connectivity index (χ2n) is 6.90. The number of hydrogen-bond acceptors (Lipinski definition) is 3. The van der Waals surface area contributed by atoms with Crippen LogP contribution < -0.4 is 15.4 Å². The smallest absolute Gasteiger partial charge is 0.222 e. The van der Waals surface area contributed by atoms with Crippen LogP contribution >= 0.6 is 11.6 Å². The van der Waals surface area contributed by atoms with Crippen LogP contribution in [0.1, 0.15) is 26.3 Å². The molecular weight excluding hydrogens is 360 g/mol. The molecule has 5 heteroatoms. The summed E-state index contributed by atoms with van der Waals surface area (Å²) in [6.45, 7) is 7.75. The van der Waals surface area contributed by atoms with Crippen LogP contribution in [0.25, 0.3) is 0 Å². The van der Waals surface area contributed by atoms with Gasteiger partial charge in [0.1, 0.15) is 12.4 Å². The van der Waals surface area contributed by atoms with Crippen LogP contribution in [-0.2, 0) is 11.4 Å². The molecule has 1 unspecified atom stereocenters. The van der Waals surface area contributed by atoms with Gasteiger partial charge in [-0.1, -0.05) is 42.3 Å². The number of amides is 1. The zero-order valence-corrected chi connectivity index (χ0v) is 16.9. The van der Waals surface area contributed by atoms with Gasteiger partial charge in [-0.2, -0.15) is 0 Å². The van der Waals surface area contributed by atoms with Gasteiger partial charge >= 0.3 is 0 Å². The molecular formula is C22H27ClN2O2. The predicted octanol–water partition coefficient (Wildman–Crippen LogP) is 4.81. The number of anilines is 1. The van der Waals surface area contributed by atoms with E-state index in [9.17, 15) is 4.79 Å². The van der Waals surface area contributed by atoms with Gasteiger partial charge in [0.15, 0.2) is 0 Å². The van der Waals surface area contributed by atoms with Crippen molar-refractivity contribution in [1.82, 2.24) is 0 Å². The second-order valence-corrected chi connectivity index (χ2v) is 7.34. The molecule has 4 nitrogen and oxygen atoms in total. The summed E-state index contributed by atoms with van der Waals surface area (Å²) in [4.78, 5) is 13.6. The van der Waals surface area contributed by atoms with Gasteiger partial charge in [0.05, 0.1) is 5.92 Å². The SMILES string of the molecule is CC(C)=CCN(CC(C)C(N)=O)c1ccc(OCc2ccc(Cl)cc2)cc1. The minimum absolute atomic E-state index is 0.226. The lowest BCUT2D eigenvalue weighted by Gasteiger charge is -2.26. The Bertz CT molecular complexity index is 766. The summed E-state index contributed by atoms with van der Waals surface area (Å²) in [5.74, 6) is 0.273. The third kappa shape index (κ3) is 6.99. The number of nitrogens with zero attached hydrogens (tertiary/aromatic N) is 1. The number of ether oxygens (including phenoxy) is 1. The highest BCUT2D eigenvalue weighted by molar-refractivity contribution is 6.30. The lowest BCUT2D eigenvalue weighted by Crippen LogP contribution is -2.35. The lowest BCUT2D eigenvalue weighted by molar-refractivity contribution is -0.121. The van der Waals surface area contributed by atoms with Crippen molar-refractivity contribution in [3.63, 3.8) is 0 Å². The summed E-state index contributed by atoms with van der Waals surface area (Å²) in [6.07, 6.45) is 2.14. The van der Waals surface area contributed by atoms with E-state index in [0.29, 0.717) is 18.2 Å². The molecule has 0 fully saturated rings. The fraction of sp³-hybridized carbons (Fsp3) is 0.318. The normalized spacial score (nSPS) is 11.6. The highest BCUT2D eigenvalue weighted by Gasteiger charge is 2.14. The highest BCUT2D eigenvalue weighted by Crippen LogP contribution is 2.22. The van der Waals surface area contributed by atoms with E-state index < -0.39 is 0 Å². The molecule has 0 aromatic heterocycles. The molecule has 1 atom stereocenters. The molecule has 0 heterocycles. The zero-order valence-electron chi connectivity index (χ0n) is 16.1. The first-order chi connectivity index (χ1) is 12.8. The van der Waals surface area contributed by atoms with Crippen molar-refractivity contribution in [3.8, 4) is 5.75 Å². The average Bonchev–Trinajstić information content (AvgIpc) is 2.64. The Morgan fingerprint density at radius 3 is 2.33 bits per heavy atom. The molecule has 2 rings (SSSR count).